The van der Waals surface area contributed by atoms with Crippen molar-refractivity contribution in [2.75, 3.05) is 4.90 Å². The summed E-state index contributed by atoms with van der Waals surface area (Å²) in [6, 6.07) is 26.4. The highest BCUT2D eigenvalue weighted by Gasteiger charge is 2.40. The largest absolute Gasteiger partial charge is 0.300 e. The maximum absolute atomic E-state index is 12.7. The van der Waals surface area contributed by atoms with Gasteiger partial charge in [0.15, 0.2) is 0 Å². The minimum absolute atomic E-state index is 0.326. The van der Waals surface area contributed by atoms with Crippen molar-refractivity contribution in [1.82, 2.24) is 0 Å². The van der Waals surface area contributed by atoms with Crippen molar-refractivity contribution in [1.29, 1.82) is 0 Å². The van der Waals surface area contributed by atoms with Gasteiger partial charge in [0.1, 0.15) is 0 Å². The molecule has 0 aliphatic carbocycles. The van der Waals surface area contributed by atoms with Crippen LogP contribution in [0.4, 0.5) is 5.69 Å². The molecule has 0 saturated carbocycles. The average Bonchev–Trinajstić information content (AvgIpc) is 3.05. The number of carbonyl (C=O) groups excluding carboxylic acids is 2. The fourth-order valence-corrected chi connectivity index (χ4v) is 3.73. The summed E-state index contributed by atoms with van der Waals surface area (Å²) in [7, 11) is 0. The molecule has 1 aliphatic heterocycles. The zero-order chi connectivity index (χ0) is 21.3. The van der Waals surface area contributed by atoms with Crippen LogP contribution in [-0.4, -0.2) is 11.7 Å². The molecule has 1 aliphatic rings. The van der Waals surface area contributed by atoms with Gasteiger partial charge in [0.25, 0.3) is 11.7 Å². The molecule has 0 bridgehead atoms. The number of hydrogen-bond acceptors (Lipinski definition) is 2. The van der Waals surface area contributed by atoms with Crippen LogP contribution < -0.4 is 4.90 Å². The molecular weight excluding hydrogens is 370 g/mol. The number of Topliss-reactive ketones (excluding diaryl/α,β-unsaturated/α-hetero) is 1. The highest BCUT2D eigenvalue weighted by molar-refractivity contribution is 6.52. The van der Waals surface area contributed by atoms with Gasteiger partial charge < -0.3 is 0 Å². The van der Waals surface area contributed by atoms with E-state index < -0.39 is 11.7 Å². The molecule has 4 rings (SSSR count). The summed E-state index contributed by atoms with van der Waals surface area (Å²) in [5.74, 6) is -0.920. The van der Waals surface area contributed by atoms with Crippen molar-refractivity contribution >= 4 is 17.4 Å². The topological polar surface area (TPSA) is 37.4 Å². The Morgan fingerprint density at radius 1 is 0.667 bits per heavy atom. The lowest BCUT2D eigenvalue weighted by molar-refractivity contribution is -0.114. The fraction of sp³-hybridized carbons (Fsp3) is 0.259. The minimum Gasteiger partial charge on any atom is -0.293 e. The van der Waals surface area contributed by atoms with Crippen LogP contribution in [0, 0.1) is 0 Å². The van der Waals surface area contributed by atoms with Crippen LogP contribution >= 0.6 is 0 Å². The van der Waals surface area contributed by atoms with Crippen LogP contribution in [0.1, 0.15) is 67.1 Å². The number of nitrogens with zero attached hydrogens (tertiary/aromatic N) is 1. The second kappa shape index (κ2) is 10.5. The summed E-state index contributed by atoms with van der Waals surface area (Å²) >= 11 is 0. The number of ketones is 1. The number of carbonyl (C=O) groups is 2. The fourth-order valence-electron chi connectivity index (χ4n) is 3.73. The second-order valence-electron chi connectivity index (χ2n) is 7.45. The van der Waals surface area contributed by atoms with E-state index in [1.54, 1.807) is 17.0 Å². The van der Waals surface area contributed by atoms with Gasteiger partial charge in [0.05, 0.1) is 17.3 Å². The van der Waals surface area contributed by atoms with Gasteiger partial charge in [-0.2, -0.15) is 0 Å². The molecule has 0 radical (unpaired) electrons. The first-order valence-electron chi connectivity index (χ1n) is 10.8. The average molecular weight is 400 g/mol. The Labute approximate surface area is 179 Å². The number of fused-ring (bicyclic) bond motifs is 1. The van der Waals surface area contributed by atoms with E-state index in [0.717, 1.165) is 11.1 Å². The smallest absolute Gasteiger partial charge is 0.293 e. The SMILES string of the molecule is CCCCCC.O=C1C(=O)N(C(c2ccccc2)c2ccccc2)c2ccccc21. The number of benzene rings is 3. The Morgan fingerprint density at radius 3 is 1.63 bits per heavy atom. The number of hydrogen-bond donors (Lipinski definition) is 0. The molecule has 0 atom stereocenters. The third-order valence-electron chi connectivity index (χ3n) is 5.27. The predicted molar refractivity (Wildman–Crippen MR) is 123 cm³/mol. The van der Waals surface area contributed by atoms with Gasteiger partial charge in [-0.05, 0) is 23.3 Å². The zero-order valence-electron chi connectivity index (χ0n) is 17.8. The molecule has 0 aromatic heterocycles. The molecule has 3 nitrogen and oxygen atoms in total. The van der Waals surface area contributed by atoms with Gasteiger partial charge in [-0.15, -0.1) is 0 Å². The van der Waals surface area contributed by atoms with Crippen LogP contribution in [0.3, 0.4) is 0 Å². The summed E-state index contributed by atoms with van der Waals surface area (Å²) in [5.41, 5.74) is 3.09. The van der Waals surface area contributed by atoms with E-state index in [2.05, 4.69) is 13.8 Å². The van der Waals surface area contributed by atoms with Gasteiger partial charge in [0.2, 0.25) is 0 Å². The monoisotopic (exact) mass is 399 g/mol. The van der Waals surface area contributed by atoms with Gasteiger partial charge in [-0.3, -0.25) is 14.5 Å². The number of para-hydroxylation sites is 1. The molecule has 0 unspecified atom stereocenters. The van der Waals surface area contributed by atoms with Crippen LogP contribution in [0.5, 0.6) is 0 Å². The maximum Gasteiger partial charge on any atom is 0.300 e. The summed E-state index contributed by atoms with van der Waals surface area (Å²) < 4.78 is 0. The van der Waals surface area contributed by atoms with Crippen molar-refractivity contribution in [2.45, 2.75) is 45.6 Å². The maximum atomic E-state index is 12.7. The first kappa shape index (κ1) is 21.5. The Hall–Kier alpha value is -3.20. The van der Waals surface area contributed by atoms with E-state index in [-0.39, 0.29) is 6.04 Å². The quantitative estimate of drug-likeness (QED) is 0.346. The van der Waals surface area contributed by atoms with Crippen molar-refractivity contribution < 1.29 is 9.59 Å². The highest BCUT2D eigenvalue weighted by atomic mass is 16.2. The predicted octanol–water partition coefficient (Wildman–Crippen LogP) is 6.59. The highest BCUT2D eigenvalue weighted by Crippen LogP contribution is 2.39. The zero-order valence-corrected chi connectivity index (χ0v) is 17.8. The van der Waals surface area contributed by atoms with Crippen molar-refractivity contribution in [3.8, 4) is 0 Å². The number of anilines is 1. The lowest BCUT2D eigenvalue weighted by Crippen LogP contribution is -2.34. The van der Waals surface area contributed by atoms with E-state index >= 15 is 0 Å². The van der Waals surface area contributed by atoms with Gasteiger partial charge >= 0.3 is 0 Å². The lowest BCUT2D eigenvalue weighted by Gasteiger charge is -2.29. The molecule has 0 spiro atoms. The van der Waals surface area contributed by atoms with E-state index in [4.69, 9.17) is 0 Å². The second-order valence-corrected chi connectivity index (χ2v) is 7.45. The van der Waals surface area contributed by atoms with Gasteiger partial charge in [-0.1, -0.05) is 112 Å². The van der Waals surface area contributed by atoms with Crippen LogP contribution in [0.2, 0.25) is 0 Å². The molecule has 3 aromatic rings. The number of unbranched alkanes of at least 4 members (excludes halogenated alkanes) is 3. The van der Waals surface area contributed by atoms with E-state index in [1.807, 2.05) is 72.8 Å². The normalized spacial score (nSPS) is 12.6. The van der Waals surface area contributed by atoms with E-state index in [9.17, 15) is 9.59 Å². The van der Waals surface area contributed by atoms with Gasteiger partial charge in [-0.25, -0.2) is 0 Å². The Kier molecular flexibility index (Phi) is 7.56. The molecule has 154 valence electrons. The molecule has 3 heteroatoms. The summed E-state index contributed by atoms with van der Waals surface area (Å²) in [6.45, 7) is 4.46. The van der Waals surface area contributed by atoms with Crippen LogP contribution in [-0.2, 0) is 4.79 Å². The summed E-state index contributed by atoms with van der Waals surface area (Å²) in [6.07, 6.45) is 5.54. The molecular formula is C27H29NO2. The molecule has 1 heterocycles. The molecule has 0 N–H and O–H groups in total. The van der Waals surface area contributed by atoms with Crippen molar-refractivity contribution in [3.63, 3.8) is 0 Å². The van der Waals surface area contributed by atoms with E-state index in [0.29, 0.717) is 11.3 Å². The number of amides is 1. The Bertz CT molecular complexity index is 923. The number of rotatable bonds is 6. The molecule has 30 heavy (non-hydrogen) atoms. The molecule has 1 amide bonds. The lowest BCUT2D eigenvalue weighted by atomic mass is 9.97. The van der Waals surface area contributed by atoms with Crippen molar-refractivity contribution in [3.05, 3.63) is 102 Å². The Balaban J connectivity index is 0.000000377. The molecule has 0 saturated heterocycles. The first-order valence-corrected chi connectivity index (χ1v) is 10.8. The molecule has 3 aromatic carbocycles. The standard InChI is InChI=1S/C21H15NO2.C6H14/c23-20-17-13-7-8-14-18(17)22(21(20)24)19(15-9-3-1-4-10-15)16-11-5-2-6-12-16;1-3-5-6-4-2/h1-14,19H;3-6H2,1-2H3. The minimum atomic E-state index is -0.478. The van der Waals surface area contributed by atoms with E-state index in [1.165, 1.54) is 25.7 Å². The van der Waals surface area contributed by atoms with Crippen LogP contribution in [0.15, 0.2) is 84.9 Å². The Morgan fingerprint density at radius 2 is 1.13 bits per heavy atom. The third-order valence-corrected chi connectivity index (χ3v) is 5.27. The summed E-state index contributed by atoms with van der Waals surface area (Å²) in [5, 5.41) is 0. The van der Waals surface area contributed by atoms with Gasteiger partial charge in [0, 0.05) is 0 Å². The van der Waals surface area contributed by atoms with Crippen LogP contribution in [0.25, 0.3) is 0 Å². The summed E-state index contributed by atoms with van der Waals surface area (Å²) in [4.78, 5) is 26.7. The van der Waals surface area contributed by atoms with Crippen molar-refractivity contribution in [2.24, 2.45) is 0 Å². The first-order chi connectivity index (χ1) is 14.7. The molecule has 0 fully saturated rings. The third kappa shape index (κ3) is 4.68.